The van der Waals surface area contributed by atoms with Gasteiger partial charge in [-0.25, -0.2) is 4.98 Å². The van der Waals surface area contributed by atoms with Crippen molar-refractivity contribution in [3.05, 3.63) is 53.6 Å². The Morgan fingerprint density at radius 3 is 2.59 bits per heavy atom. The van der Waals surface area contributed by atoms with Gasteiger partial charge in [-0.05, 0) is 53.5 Å². The Hall–Kier alpha value is -2.73. The topological polar surface area (TPSA) is 67.2 Å². The van der Waals surface area contributed by atoms with Gasteiger partial charge in [-0.15, -0.1) is 0 Å². The molecular formula is C21H23N3O2S. The van der Waals surface area contributed by atoms with Crippen LogP contribution in [0.4, 0.5) is 0 Å². The van der Waals surface area contributed by atoms with Crippen molar-refractivity contribution < 1.29 is 9.21 Å². The number of benzene rings is 2. The molecule has 0 aliphatic rings. The van der Waals surface area contributed by atoms with E-state index in [4.69, 9.17) is 16.6 Å². The number of nitrogens with one attached hydrogen (secondary N) is 2. The first-order chi connectivity index (χ1) is 13.0. The predicted octanol–water partition coefficient (Wildman–Crippen LogP) is 4.52. The molecule has 2 N–H and O–H groups in total. The highest BCUT2D eigenvalue weighted by Crippen LogP contribution is 2.27. The number of oxazole rings is 1. The highest BCUT2D eigenvalue weighted by atomic mass is 32.1. The van der Waals surface area contributed by atoms with Crippen LogP contribution in [0.5, 0.6) is 0 Å². The molecular weight excluding hydrogens is 358 g/mol. The summed E-state index contributed by atoms with van der Waals surface area (Å²) in [4.78, 5) is 15.9. The van der Waals surface area contributed by atoms with Gasteiger partial charge >= 0.3 is 0 Å². The first-order valence-electron chi connectivity index (χ1n) is 9.03. The van der Waals surface area contributed by atoms with Crippen molar-refractivity contribution in [3.63, 3.8) is 0 Å². The second-order valence-corrected chi connectivity index (χ2v) is 7.09. The summed E-state index contributed by atoms with van der Waals surface area (Å²) in [5.74, 6) is 0.963. The number of hydrogen-bond donors (Lipinski definition) is 2. The van der Waals surface area contributed by atoms with Crippen molar-refractivity contribution in [3.8, 4) is 11.5 Å². The average molecular weight is 382 g/mol. The summed E-state index contributed by atoms with van der Waals surface area (Å²) in [6, 6.07) is 14.1. The maximum absolute atomic E-state index is 11.3. The third-order valence-electron chi connectivity index (χ3n) is 4.31. The molecule has 27 heavy (non-hydrogen) atoms. The van der Waals surface area contributed by atoms with E-state index in [9.17, 15) is 4.79 Å². The molecule has 1 aromatic heterocycles. The van der Waals surface area contributed by atoms with Crippen molar-refractivity contribution in [2.75, 3.05) is 0 Å². The Bertz CT molecular complexity index is 961. The molecule has 2 aromatic carbocycles. The number of carbonyl (C=O) groups excluding carboxylic acids is 1. The van der Waals surface area contributed by atoms with Crippen LogP contribution in [0, 0.1) is 0 Å². The molecule has 3 rings (SSSR count). The van der Waals surface area contributed by atoms with Crippen LogP contribution in [-0.4, -0.2) is 16.0 Å². The maximum Gasteiger partial charge on any atom is 0.227 e. The molecule has 6 heteroatoms. The fourth-order valence-electron chi connectivity index (χ4n) is 2.63. The van der Waals surface area contributed by atoms with E-state index < -0.39 is 0 Å². The Labute approximate surface area is 164 Å². The van der Waals surface area contributed by atoms with Gasteiger partial charge in [0.1, 0.15) is 5.52 Å². The van der Waals surface area contributed by atoms with Crippen molar-refractivity contribution in [2.24, 2.45) is 0 Å². The monoisotopic (exact) mass is 381 g/mol. The SMILES string of the molecule is CCC(=O)NC(=S)NCc1ccc(-c2nc3cc(C(C)C)ccc3o2)cc1. The first kappa shape index (κ1) is 19.0. The number of thiocarbonyl (C=S) groups is 1. The van der Waals surface area contributed by atoms with Gasteiger partial charge in [-0.1, -0.05) is 39.0 Å². The minimum Gasteiger partial charge on any atom is -0.436 e. The molecule has 0 fully saturated rings. The highest BCUT2D eigenvalue weighted by molar-refractivity contribution is 7.80. The van der Waals surface area contributed by atoms with Gasteiger partial charge in [0.05, 0.1) is 0 Å². The summed E-state index contributed by atoms with van der Waals surface area (Å²) >= 11 is 5.10. The molecule has 0 bridgehead atoms. The smallest absolute Gasteiger partial charge is 0.227 e. The van der Waals surface area contributed by atoms with Gasteiger partial charge in [0.25, 0.3) is 0 Å². The van der Waals surface area contributed by atoms with Crippen molar-refractivity contribution in [1.82, 2.24) is 15.6 Å². The van der Waals surface area contributed by atoms with Crippen LogP contribution in [0.3, 0.4) is 0 Å². The summed E-state index contributed by atoms with van der Waals surface area (Å²) in [7, 11) is 0. The number of aromatic nitrogens is 1. The summed E-state index contributed by atoms with van der Waals surface area (Å²) in [5.41, 5.74) is 4.87. The van der Waals surface area contributed by atoms with E-state index in [2.05, 4.69) is 41.6 Å². The van der Waals surface area contributed by atoms with E-state index in [0.717, 1.165) is 22.2 Å². The van der Waals surface area contributed by atoms with E-state index in [1.807, 2.05) is 30.3 Å². The van der Waals surface area contributed by atoms with Gasteiger partial charge in [0.15, 0.2) is 10.7 Å². The minimum absolute atomic E-state index is 0.0977. The zero-order valence-corrected chi connectivity index (χ0v) is 16.5. The summed E-state index contributed by atoms with van der Waals surface area (Å²) in [5, 5.41) is 5.98. The van der Waals surface area contributed by atoms with Gasteiger partial charge < -0.3 is 15.1 Å². The highest BCUT2D eigenvalue weighted by Gasteiger charge is 2.10. The second kappa shape index (κ2) is 8.31. The van der Waals surface area contributed by atoms with Crippen molar-refractivity contribution in [2.45, 2.75) is 39.7 Å². The molecule has 0 unspecified atom stereocenters. The number of amides is 1. The molecule has 0 radical (unpaired) electrons. The zero-order valence-electron chi connectivity index (χ0n) is 15.7. The number of rotatable bonds is 5. The summed E-state index contributed by atoms with van der Waals surface area (Å²) in [6.07, 6.45) is 0.402. The van der Waals surface area contributed by atoms with E-state index in [1.54, 1.807) is 6.92 Å². The lowest BCUT2D eigenvalue weighted by Crippen LogP contribution is -2.38. The molecule has 1 amide bonds. The lowest BCUT2D eigenvalue weighted by atomic mass is 10.0. The fourth-order valence-corrected chi connectivity index (χ4v) is 2.82. The summed E-state index contributed by atoms with van der Waals surface area (Å²) < 4.78 is 5.89. The van der Waals surface area contributed by atoms with Crippen LogP contribution >= 0.6 is 12.2 Å². The van der Waals surface area contributed by atoms with Crippen LogP contribution in [0.2, 0.25) is 0 Å². The molecule has 0 saturated heterocycles. The van der Waals surface area contributed by atoms with Gasteiger partial charge in [0, 0.05) is 18.5 Å². The number of nitrogens with zero attached hydrogens (tertiary/aromatic N) is 1. The minimum atomic E-state index is -0.0977. The van der Waals surface area contributed by atoms with E-state index >= 15 is 0 Å². The van der Waals surface area contributed by atoms with Crippen LogP contribution in [-0.2, 0) is 11.3 Å². The maximum atomic E-state index is 11.3. The lowest BCUT2D eigenvalue weighted by Gasteiger charge is -2.09. The quantitative estimate of drug-likeness (QED) is 0.636. The largest absolute Gasteiger partial charge is 0.436 e. The molecule has 3 aromatic rings. The molecule has 140 valence electrons. The molecule has 0 atom stereocenters. The van der Waals surface area contributed by atoms with Gasteiger partial charge in [-0.2, -0.15) is 0 Å². The normalized spacial score (nSPS) is 11.0. The lowest BCUT2D eigenvalue weighted by molar-refractivity contribution is -0.119. The second-order valence-electron chi connectivity index (χ2n) is 6.68. The molecule has 0 spiro atoms. The Balaban J connectivity index is 1.69. The van der Waals surface area contributed by atoms with Crippen LogP contribution in [0.15, 0.2) is 46.9 Å². The number of hydrogen-bond acceptors (Lipinski definition) is 4. The fraction of sp³-hybridized carbons (Fsp3) is 0.286. The molecule has 1 heterocycles. The third-order valence-corrected chi connectivity index (χ3v) is 4.55. The van der Waals surface area contributed by atoms with E-state index in [-0.39, 0.29) is 5.91 Å². The van der Waals surface area contributed by atoms with Crippen molar-refractivity contribution in [1.29, 1.82) is 0 Å². The number of carbonyl (C=O) groups is 1. The standard InChI is InChI=1S/C21H23N3O2S/c1-4-19(25)24-21(27)22-12-14-5-7-15(8-6-14)20-23-17-11-16(13(2)3)9-10-18(17)26-20/h5-11,13H,4,12H2,1-3H3,(H2,22,24,25,27). The third kappa shape index (κ3) is 4.71. The summed E-state index contributed by atoms with van der Waals surface area (Å²) in [6.45, 7) is 6.64. The predicted molar refractivity (Wildman–Crippen MR) is 111 cm³/mol. The van der Waals surface area contributed by atoms with E-state index in [1.165, 1.54) is 5.56 Å². The Morgan fingerprint density at radius 1 is 1.19 bits per heavy atom. The Kier molecular flexibility index (Phi) is 5.86. The van der Waals surface area contributed by atoms with Crippen molar-refractivity contribution >= 4 is 34.3 Å². The van der Waals surface area contributed by atoms with Crippen LogP contribution in [0.1, 0.15) is 44.2 Å². The average Bonchev–Trinajstić information content (AvgIpc) is 3.09. The van der Waals surface area contributed by atoms with Gasteiger partial charge in [-0.3, -0.25) is 4.79 Å². The van der Waals surface area contributed by atoms with Crippen LogP contribution in [0.25, 0.3) is 22.6 Å². The Morgan fingerprint density at radius 2 is 1.93 bits per heavy atom. The molecule has 0 aliphatic heterocycles. The van der Waals surface area contributed by atoms with E-state index in [0.29, 0.717) is 29.9 Å². The molecule has 5 nitrogen and oxygen atoms in total. The molecule has 0 saturated carbocycles. The first-order valence-corrected chi connectivity index (χ1v) is 9.44. The van der Waals surface area contributed by atoms with Crippen LogP contribution < -0.4 is 10.6 Å². The zero-order chi connectivity index (χ0) is 19.4. The van der Waals surface area contributed by atoms with Gasteiger partial charge in [0.2, 0.25) is 11.8 Å². The molecule has 0 aliphatic carbocycles. The number of fused-ring (bicyclic) bond motifs is 1.